The molecule has 2 bridgehead atoms. The van der Waals surface area contributed by atoms with E-state index in [1.807, 2.05) is 43.3 Å². The summed E-state index contributed by atoms with van der Waals surface area (Å²) in [5, 5.41) is 11.6. The summed E-state index contributed by atoms with van der Waals surface area (Å²) >= 11 is 0. The fraction of sp³-hybridized carbons (Fsp3) is 0.368. The molecule has 0 aliphatic carbocycles. The molecule has 3 aliphatic rings. The van der Waals surface area contributed by atoms with Crippen molar-refractivity contribution in [2.24, 2.45) is 11.8 Å². The Balaban J connectivity index is 1.85. The third-order valence-corrected chi connectivity index (χ3v) is 5.27. The van der Waals surface area contributed by atoms with Gasteiger partial charge in [0.05, 0.1) is 18.1 Å². The molecule has 0 saturated carbocycles. The highest BCUT2D eigenvalue weighted by Crippen LogP contribution is 2.56. The summed E-state index contributed by atoms with van der Waals surface area (Å²) in [4.78, 5) is 26.5. The number of amides is 1. The molecule has 5 atom stereocenters. The Bertz CT molecular complexity index is 756. The summed E-state index contributed by atoms with van der Waals surface area (Å²) in [7, 11) is 0. The van der Waals surface area contributed by atoms with E-state index in [-0.39, 0.29) is 11.9 Å². The minimum absolute atomic E-state index is 0.214. The van der Waals surface area contributed by atoms with Crippen LogP contribution in [0.5, 0.6) is 0 Å². The first-order valence-corrected chi connectivity index (χ1v) is 8.06. The zero-order chi connectivity index (χ0) is 17.1. The number of carbonyl (C=O) groups is 2. The molecule has 1 spiro atoms. The number of anilines is 1. The van der Waals surface area contributed by atoms with E-state index >= 15 is 0 Å². The number of rotatable bonds is 4. The number of fused-ring (bicyclic) bond motifs is 1. The molecule has 2 saturated heterocycles. The topological polar surface area (TPSA) is 69.7 Å². The molecule has 3 aliphatic heterocycles. The Morgan fingerprint density at radius 2 is 2.08 bits per heavy atom. The van der Waals surface area contributed by atoms with E-state index in [2.05, 4.69) is 6.58 Å². The van der Waals surface area contributed by atoms with Crippen LogP contribution in [0.3, 0.4) is 0 Å². The van der Waals surface area contributed by atoms with Gasteiger partial charge in [0.15, 0.2) is 0 Å². The van der Waals surface area contributed by atoms with Crippen molar-refractivity contribution in [1.82, 2.24) is 0 Å². The maximum atomic E-state index is 13.2. The van der Waals surface area contributed by atoms with Crippen LogP contribution in [-0.2, 0) is 14.3 Å². The molecule has 0 N–H and O–H groups in total. The number of benzene rings is 1. The van der Waals surface area contributed by atoms with Crippen LogP contribution in [0.15, 0.2) is 54.6 Å². The van der Waals surface area contributed by atoms with E-state index in [0.717, 1.165) is 11.3 Å². The van der Waals surface area contributed by atoms with Gasteiger partial charge in [-0.15, -0.1) is 6.58 Å². The van der Waals surface area contributed by atoms with Crippen molar-refractivity contribution < 1.29 is 19.4 Å². The van der Waals surface area contributed by atoms with Crippen molar-refractivity contribution in [2.45, 2.75) is 31.1 Å². The fourth-order valence-corrected chi connectivity index (χ4v) is 4.40. The number of carboxylic acids is 1. The van der Waals surface area contributed by atoms with E-state index in [9.17, 15) is 14.7 Å². The lowest BCUT2D eigenvalue weighted by Gasteiger charge is -2.33. The summed E-state index contributed by atoms with van der Waals surface area (Å²) in [6.07, 6.45) is 3.59. The Labute approximate surface area is 140 Å². The van der Waals surface area contributed by atoms with Gasteiger partial charge in [0.25, 0.3) is 0 Å². The molecule has 1 aromatic carbocycles. The van der Waals surface area contributed by atoms with E-state index in [0.29, 0.717) is 6.42 Å². The van der Waals surface area contributed by atoms with Crippen molar-refractivity contribution in [3.63, 3.8) is 0 Å². The van der Waals surface area contributed by atoms with Crippen LogP contribution in [0.1, 0.15) is 13.3 Å². The number of hydrogen-bond donors (Lipinski definition) is 0. The Kier molecular flexibility index (Phi) is 3.18. The molecular formula is C19H18NO4-. The van der Waals surface area contributed by atoms with Gasteiger partial charge in [0, 0.05) is 17.6 Å². The number of aliphatic carboxylic acids is 1. The van der Waals surface area contributed by atoms with E-state index in [1.54, 1.807) is 11.0 Å². The standard InChI is InChI=1S/C19H19NO4/c1-11(2)10-14-19-9-8-13(24-19)15(18(22)23)16(19)17(21)20(14)12-6-4-3-5-7-12/h3-9,13-16H,1,10H2,2H3,(H,22,23)/p-1/t13-,14-,15-,16-,19+/m0/s1. The second-order valence-corrected chi connectivity index (χ2v) is 6.84. The number of para-hydroxylation sites is 1. The zero-order valence-electron chi connectivity index (χ0n) is 13.3. The van der Waals surface area contributed by atoms with Crippen molar-refractivity contribution in [3.05, 3.63) is 54.6 Å². The molecule has 3 heterocycles. The van der Waals surface area contributed by atoms with Crippen LogP contribution in [0, 0.1) is 11.8 Å². The maximum absolute atomic E-state index is 13.2. The largest absolute Gasteiger partial charge is 0.550 e. The molecule has 124 valence electrons. The van der Waals surface area contributed by atoms with Gasteiger partial charge >= 0.3 is 0 Å². The second-order valence-electron chi connectivity index (χ2n) is 6.84. The number of nitrogens with zero attached hydrogens (tertiary/aromatic N) is 1. The monoisotopic (exact) mass is 324 g/mol. The predicted molar refractivity (Wildman–Crippen MR) is 85.9 cm³/mol. The highest BCUT2D eigenvalue weighted by molar-refractivity contribution is 6.03. The van der Waals surface area contributed by atoms with Crippen molar-refractivity contribution >= 4 is 17.6 Å². The number of carboxylic acid groups (broad SMARTS) is 1. The van der Waals surface area contributed by atoms with E-state index in [4.69, 9.17) is 4.74 Å². The van der Waals surface area contributed by atoms with Gasteiger partial charge in [-0.25, -0.2) is 0 Å². The lowest BCUT2D eigenvalue weighted by molar-refractivity contribution is -0.313. The van der Waals surface area contributed by atoms with Gasteiger partial charge in [0.2, 0.25) is 5.91 Å². The predicted octanol–water partition coefficient (Wildman–Crippen LogP) is 1.06. The first kappa shape index (κ1) is 15.1. The first-order valence-electron chi connectivity index (χ1n) is 8.06. The third kappa shape index (κ3) is 1.85. The van der Waals surface area contributed by atoms with Crippen molar-refractivity contribution in [1.29, 1.82) is 0 Å². The Hall–Kier alpha value is -2.40. The average Bonchev–Trinajstić information content (AvgIpc) is 3.17. The lowest BCUT2D eigenvalue weighted by Crippen LogP contribution is -2.46. The SMILES string of the molecule is C=C(C)C[C@@H]1N(c2ccccc2)C(=O)[C@@H]2[C@@H](C(=O)[O-])[C@@H]3C=C[C@]21O3. The minimum Gasteiger partial charge on any atom is -0.550 e. The molecule has 24 heavy (non-hydrogen) atoms. The van der Waals surface area contributed by atoms with Gasteiger partial charge in [-0.3, -0.25) is 4.79 Å². The lowest BCUT2D eigenvalue weighted by atomic mass is 9.74. The van der Waals surface area contributed by atoms with Gasteiger partial charge in [-0.1, -0.05) is 35.9 Å². The zero-order valence-corrected chi connectivity index (χ0v) is 13.3. The third-order valence-electron chi connectivity index (χ3n) is 5.27. The van der Waals surface area contributed by atoms with Crippen molar-refractivity contribution in [2.75, 3.05) is 4.90 Å². The van der Waals surface area contributed by atoms with Gasteiger partial charge < -0.3 is 19.5 Å². The second kappa shape index (κ2) is 5.05. The molecule has 1 amide bonds. The molecule has 1 aromatic rings. The van der Waals surface area contributed by atoms with Crippen LogP contribution < -0.4 is 10.0 Å². The smallest absolute Gasteiger partial charge is 0.234 e. The minimum atomic E-state index is -1.23. The van der Waals surface area contributed by atoms with Crippen LogP contribution in [-0.4, -0.2) is 29.6 Å². The normalized spacial score (nSPS) is 36.2. The molecule has 4 rings (SSSR count). The Morgan fingerprint density at radius 1 is 1.38 bits per heavy atom. The fourth-order valence-electron chi connectivity index (χ4n) is 4.40. The van der Waals surface area contributed by atoms with Crippen molar-refractivity contribution in [3.8, 4) is 0 Å². The molecule has 0 unspecified atom stereocenters. The van der Waals surface area contributed by atoms with E-state index in [1.165, 1.54) is 0 Å². The molecule has 0 radical (unpaired) electrons. The van der Waals surface area contributed by atoms with Crippen LogP contribution >= 0.6 is 0 Å². The van der Waals surface area contributed by atoms with Gasteiger partial charge in [0.1, 0.15) is 5.60 Å². The maximum Gasteiger partial charge on any atom is 0.234 e. The van der Waals surface area contributed by atoms with E-state index < -0.39 is 29.5 Å². The Morgan fingerprint density at radius 3 is 2.71 bits per heavy atom. The number of ether oxygens (including phenoxy) is 1. The summed E-state index contributed by atoms with van der Waals surface area (Å²) in [6, 6.07) is 8.99. The summed E-state index contributed by atoms with van der Waals surface area (Å²) in [5.74, 6) is -3.13. The van der Waals surface area contributed by atoms with Crippen LogP contribution in [0.2, 0.25) is 0 Å². The molecule has 5 heteroatoms. The van der Waals surface area contributed by atoms with Gasteiger partial charge in [-0.05, 0) is 25.5 Å². The molecule has 0 aromatic heterocycles. The summed E-state index contributed by atoms with van der Waals surface area (Å²) in [5.41, 5.74) is 0.748. The number of hydrogen-bond acceptors (Lipinski definition) is 4. The van der Waals surface area contributed by atoms with Crippen LogP contribution in [0.4, 0.5) is 5.69 Å². The highest BCUT2D eigenvalue weighted by Gasteiger charge is 2.69. The summed E-state index contributed by atoms with van der Waals surface area (Å²) < 4.78 is 6.06. The first-order chi connectivity index (χ1) is 11.5. The average molecular weight is 324 g/mol. The van der Waals surface area contributed by atoms with Gasteiger partial charge in [-0.2, -0.15) is 0 Å². The summed E-state index contributed by atoms with van der Waals surface area (Å²) in [6.45, 7) is 5.87. The molecule has 5 nitrogen and oxygen atoms in total. The molecule has 2 fully saturated rings. The quantitative estimate of drug-likeness (QED) is 0.777. The van der Waals surface area contributed by atoms with Crippen LogP contribution in [0.25, 0.3) is 0 Å². The molecular weight excluding hydrogens is 306 g/mol. The number of carbonyl (C=O) groups excluding carboxylic acids is 2. The highest BCUT2D eigenvalue weighted by atomic mass is 16.5.